The van der Waals surface area contributed by atoms with Crippen LogP contribution in [0.1, 0.15) is 36.0 Å². The van der Waals surface area contributed by atoms with Crippen LogP contribution in [0.5, 0.6) is 0 Å². The zero-order chi connectivity index (χ0) is 13.2. The number of aromatic nitrogens is 1. The number of rotatable bonds is 4. The summed E-state index contributed by atoms with van der Waals surface area (Å²) in [5.41, 5.74) is -0.0662. The maximum atomic E-state index is 12.0. The smallest absolute Gasteiger partial charge is 0.337 e. The molecule has 0 atom stereocenters. The van der Waals surface area contributed by atoms with Crippen molar-refractivity contribution >= 4 is 21.7 Å². The standard InChI is InChI=1S/C11H14N2O4S/c14-11(15)9-5-6-12-7-10(9)13-18(16,17)8-3-1-2-4-8/h5-8,13H,1-4H2,(H,14,15). The molecule has 0 spiro atoms. The molecular formula is C11H14N2O4S. The molecule has 18 heavy (non-hydrogen) atoms. The first kappa shape index (κ1) is 12.8. The summed E-state index contributed by atoms with van der Waals surface area (Å²) in [7, 11) is -3.52. The number of carboxylic acid groups (broad SMARTS) is 1. The Morgan fingerprint density at radius 1 is 1.39 bits per heavy atom. The van der Waals surface area contributed by atoms with Crippen LogP contribution in [0.2, 0.25) is 0 Å². The number of pyridine rings is 1. The lowest BCUT2D eigenvalue weighted by Crippen LogP contribution is -2.26. The fraction of sp³-hybridized carbons (Fsp3) is 0.455. The van der Waals surface area contributed by atoms with Gasteiger partial charge in [-0.1, -0.05) is 12.8 Å². The number of hydrogen-bond acceptors (Lipinski definition) is 4. The Morgan fingerprint density at radius 2 is 2.06 bits per heavy atom. The van der Waals surface area contributed by atoms with E-state index < -0.39 is 21.2 Å². The molecule has 1 heterocycles. The molecule has 7 heteroatoms. The zero-order valence-corrected chi connectivity index (χ0v) is 10.5. The summed E-state index contributed by atoms with van der Waals surface area (Å²) in [6, 6.07) is 1.27. The molecule has 1 aromatic heterocycles. The van der Waals surface area contributed by atoms with Crippen LogP contribution in [0.15, 0.2) is 18.5 Å². The number of anilines is 1. The Labute approximate surface area is 105 Å². The second kappa shape index (κ2) is 4.93. The van der Waals surface area contributed by atoms with Crippen LogP contribution in [0.4, 0.5) is 5.69 Å². The summed E-state index contributed by atoms with van der Waals surface area (Å²) in [6.07, 6.45) is 5.57. The van der Waals surface area contributed by atoms with Gasteiger partial charge in [-0.3, -0.25) is 9.71 Å². The summed E-state index contributed by atoms with van der Waals surface area (Å²) in [5, 5.41) is 8.53. The second-order valence-electron chi connectivity index (χ2n) is 4.28. The predicted octanol–water partition coefficient (Wildman–Crippen LogP) is 1.46. The highest BCUT2D eigenvalue weighted by atomic mass is 32.2. The van der Waals surface area contributed by atoms with Crippen molar-refractivity contribution in [3.05, 3.63) is 24.0 Å². The van der Waals surface area contributed by atoms with E-state index in [9.17, 15) is 13.2 Å². The molecule has 0 radical (unpaired) electrons. The van der Waals surface area contributed by atoms with Gasteiger partial charge in [0, 0.05) is 6.20 Å². The SMILES string of the molecule is O=C(O)c1ccncc1NS(=O)(=O)C1CCCC1. The normalized spacial score (nSPS) is 16.7. The quantitative estimate of drug-likeness (QED) is 0.863. The lowest BCUT2D eigenvalue weighted by atomic mass is 10.2. The van der Waals surface area contributed by atoms with Crippen LogP contribution in [0.25, 0.3) is 0 Å². The summed E-state index contributed by atoms with van der Waals surface area (Å²) in [5.74, 6) is -1.18. The second-order valence-corrected chi connectivity index (χ2v) is 6.24. The van der Waals surface area contributed by atoms with E-state index in [2.05, 4.69) is 9.71 Å². The minimum absolute atomic E-state index is 0.0249. The van der Waals surface area contributed by atoms with Crippen molar-refractivity contribution in [3.63, 3.8) is 0 Å². The van der Waals surface area contributed by atoms with Crippen molar-refractivity contribution in [2.24, 2.45) is 0 Å². The van der Waals surface area contributed by atoms with Gasteiger partial charge in [0.2, 0.25) is 10.0 Å². The fourth-order valence-electron chi connectivity index (χ4n) is 2.10. The van der Waals surface area contributed by atoms with E-state index in [1.165, 1.54) is 18.5 Å². The molecular weight excluding hydrogens is 256 g/mol. The summed E-state index contributed by atoms with van der Waals surface area (Å²) in [4.78, 5) is 14.7. The molecule has 0 aromatic carbocycles. The molecule has 0 aliphatic heterocycles. The van der Waals surface area contributed by atoms with Crippen LogP contribution in [-0.2, 0) is 10.0 Å². The number of nitrogens with zero attached hydrogens (tertiary/aromatic N) is 1. The van der Waals surface area contributed by atoms with E-state index in [0.717, 1.165) is 12.8 Å². The third-order valence-corrected chi connectivity index (χ3v) is 4.90. The van der Waals surface area contributed by atoms with E-state index >= 15 is 0 Å². The highest BCUT2D eigenvalue weighted by molar-refractivity contribution is 7.93. The van der Waals surface area contributed by atoms with Crippen LogP contribution in [0, 0.1) is 0 Å². The molecule has 0 saturated heterocycles. The van der Waals surface area contributed by atoms with E-state index in [1.54, 1.807) is 0 Å². The average Bonchev–Trinajstić information content (AvgIpc) is 2.83. The molecule has 0 bridgehead atoms. The van der Waals surface area contributed by atoms with Crippen LogP contribution < -0.4 is 4.72 Å². The Hall–Kier alpha value is -1.63. The molecule has 0 unspecified atom stereocenters. The van der Waals surface area contributed by atoms with E-state index in [-0.39, 0.29) is 11.3 Å². The molecule has 1 aromatic rings. The Kier molecular flexibility index (Phi) is 3.51. The molecule has 2 rings (SSSR count). The molecule has 0 amide bonds. The van der Waals surface area contributed by atoms with Crippen molar-refractivity contribution in [2.45, 2.75) is 30.9 Å². The van der Waals surface area contributed by atoms with Crippen molar-refractivity contribution < 1.29 is 18.3 Å². The van der Waals surface area contributed by atoms with Crippen LogP contribution in [0.3, 0.4) is 0 Å². The van der Waals surface area contributed by atoms with Crippen molar-refractivity contribution in [1.82, 2.24) is 4.98 Å². The van der Waals surface area contributed by atoms with Gasteiger partial charge in [-0.25, -0.2) is 13.2 Å². The summed E-state index contributed by atoms with van der Waals surface area (Å²) < 4.78 is 26.4. The third kappa shape index (κ3) is 2.61. The molecule has 6 nitrogen and oxygen atoms in total. The van der Waals surface area contributed by atoms with Crippen molar-refractivity contribution in [3.8, 4) is 0 Å². The third-order valence-electron chi connectivity index (χ3n) is 3.04. The summed E-state index contributed by atoms with van der Waals surface area (Å²) in [6.45, 7) is 0. The van der Waals surface area contributed by atoms with E-state index in [4.69, 9.17) is 5.11 Å². The Bertz CT molecular complexity index is 550. The molecule has 98 valence electrons. The molecule has 1 fully saturated rings. The molecule has 2 N–H and O–H groups in total. The first-order valence-electron chi connectivity index (χ1n) is 5.69. The van der Waals surface area contributed by atoms with Gasteiger partial charge in [0.25, 0.3) is 0 Å². The van der Waals surface area contributed by atoms with Crippen molar-refractivity contribution in [2.75, 3.05) is 4.72 Å². The van der Waals surface area contributed by atoms with Crippen LogP contribution in [-0.4, -0.2) is 29.7 Å². The minimum Gasteiger partial charge on any atom is -0.478 e. The average molecular weight is 270 g/mol. The lowest BCUT2D eigenvalue weighted by molar-refractivity contribution is 0.0698. The lowest BCUT2D eigenvalue weighted by Gasteiger charge is -2.14. The van der Waals surface area contributed by atoms with Gasteiger partial charge in [-0.2, -0.15) is 0 Å². The Balaban J connectivity index is 2.26. The number of aromatic carboxylic acids is 1. The largest absolute Gasteiger partial charge is 0.478 e. The van der Waals surface area contributed by atoms with Crippen LogP contribution >= 0.6 is 0 Å². The van der Waals surface area contributed by atoms with Gasteiger partial charge >= 0.3 is 5.97 Å². The molecule has 1 aliphatic carbocycles. The van der Waals surface area contributed by atoms with Gasteiger partial charge in [0.1, 0.15) is 0 Å². The van der Waals surface area contributed by atoms with E-state index in [1.807, 2.05) is 0 Å². The number of carbonyl (C=O) groups is 1. The molecule has 1 aliphatic rings. The maximum Gasteiger partial charge on any atom is 0.337 e. The first-order chi connectivity index (χ1) is 8.50. The van der Waals surface area contributed by atoms with Crippen molar-refractivity contribution in [1.29, 1.82) is 0 Å². The molecule has 1 saturated carbocycles. The van der Waals surface area contributed by atoms with Gasteiger partial charge in [-0.05, 0) is 18.9 Å². The van der Waals surface area contributed by atoms with Gasteiger partial charge in [0.05, 0.1) is 22.7 Å². The first-order valence-corrected chi connectivity index (χ1v) is 7.24. The fourth-order valence-corrected chi connectivity index (χ4v) is 3.69. The number of nitrogens with one attached hydrogen (secondary N) is 1. The maximum absolute atomic E-state index is 12.0. The van der Waals surface area contributed by atoms with Gasteiger partial charge < -0.3 is 5.11 Å². The Morgan fingerprint density at radius 3 is 2.67 bits per heavy atom. The van der Waals surface area contributed by atoms with Gasteiger partial charge in [0.15, 0.2) is 0 Å². The highest BCUT2D eigenvalue weighted by Gasteiger charge is 2.29. The zero-order valence-electron chi connectivity index (χ0n) is 9.67. The number of sulfonamides is 1. The monoisotopic (exact) mass is 270 g/mol. The number of carboxylic acids is 1. The number of hydrogen-bond donors (Lipinski definition) is 2. The van der Waals surface area contributed by atoms with E-state index in [0.29, 0.717) is 12.8 Å². The topological polar surface area (TPSA) is 96.4 Å². The van der Waals surface area contributed by atoms with Gasteiger partial charge in [-0.15, -0.1) is 0 Å². The predicted molar refractivity (Wildman–Crippen MR) is 66.0 cm³/mol. The summed E-state index contributed by atoms with van der Waals surface area (Å²) >= 11 is 0. The minimum atomic E-state index is -3.52. The highest BCUT2D eigenvalue weighted by Crippen LogP contribution is 2.26.